The molecule has 7 nitrogen and oxygen atoms in total. The number of nitrogens with zero attached hydrogens (tertiary/aromatic N) is 2. The second-order valence-corrected chi connectivity index (χ2v) is 7.37. The van der Waals surface area contributed by atoms with E-state index in [0.717, 1.165) is 13.1 Å². The minimum atomic E-state index is -0.715. The number of ether oxygens (including phenoxy) is 1. The molecule has 160 valence electrons. The lowest BCUT2D eigenvalue weighted by molar-refractivity contribution is -0.129. The van der Waals surface area contributed by atoms with Gasteiger partial charge in [-0.3, -0.25) is 9.59 Å². The number of carbonyl (C=O) groups excluding carboxylic acids is 2. The Bertz CT molecular complexity index is 783. The van der Waals surface area contributed by atoms with Crippen LogP contribution >= 0.6 is 0 Å². The lowest BCUT2D eigenvalue weighted by atomic mass is 9.91. The molecule has 2 N–H and O–H groups in total. The van der Waals surface area contributed by atoms with Gasteiger partial charge in [0.25, 0.3) is 5.91 Å². The zero-order chi connectivity index (χ0) is 21.7. The number of benzene rings is 1. The first-order valence-corrected chi connectivity index (χ1v) is 10.2. The molecule has 7 heteroatoms. The average Bonchev–Trinajstić information content (AvgIpc) is 2.94. The molecule has 0 saturated carbocycles. The van der Waals surface area contributed by atoms with Crippen molar-refractivity contribution in [1.82, 2.24) is 9.80 Å². The van der Waals surface area contributed by atoms with Gasteiger partial charge in [0.05, 0.1) is 18.2 Å². The summed E-state index contributed by atoms with van der Waals surface area (Å²) in [6, 6.07) is 4.06. The molecule has 1 atom stereocenters. The maximum Gasteiger partial charge on any atom is 0.290 e. The van der Waals surface area contributed by atoms with Crippen LogP contribution in [0, 0.1) is 5.92 Å². The molecule has 2 rings (SSSR count). The number of hydrogen-bond donors (Lipinski definition) is 2. The highest BCUT2D eigenvalue weighted by Crippen LogP contribution is 2.41. The van der Waals surface area contributed by atoms with Crippen molar-refractivity contribution in [2.75, 3.05) is 32.8 Å². The summed E-state index contributed by atoms with van der Waals surface area (Å²) in [6.07, 6.45) is 0. The van der Waals surface area contributed by atoms with E-state index in [4.69, 9.17) is 4.74 Å². The van der Waals surface area contributed by atoms with Crippen LogP contribution in [-0.2, 0) is 9.59 Å². The van der Waals surface area contributed by atoms with Crippen LogP contribution in [0.4, 0.5) is 0 Å². The molecule has 1 aliphatic rings. The van der Waals surface area contributed by atoms with Gasteiger partial charge in [0.2, 0.25) is 0 Å². The van der Waals surface area contributed by atoms with Crippen molar-refractivity contribution in [3.63, 3.8) is 0 Å². The third-order valence-corrected chi connectivity index (χ3v) is 5.24. The van der Waals surface area contributed by atoms with Crippen molar-refractivity contribution >= 4 is 11.7 Å². The average molecular weight is 405 g/mol. The van der Waals surface area contributed by atoms with Crippen LogP contribution in [0.2, 0.25) is 0 Å². The predicted molar refractivity (Wildman–Crippen MR) is 111 cm³/mol. The van der Waals surface area contributed by atoms with Gasteiger partial charge in [0.1, 0.15) is 0 Å². The number of rotatable bonds is 10. The predicted octanol–water partition coefficient (Wildman–Crippen LogP) is 3.05. The van der Waals surface area contributed by atoms with Gasteiger partial charge in [-0.15, -0.1) is 0 Å². The summed E-state index contributed by atoms with van der Waals surface area (Å²) in [6.45, 7) is 12.4. The first-order valence-electron chi connectivity index (χ1n) is 10.2. The molecule has 0 aliphatic carbocycles. The van der Waals surface area contributed by atoms with Gasteiger partial charge in [-0.1, -0.05) is 33.8 Å². The van der Waals surface area contributed by atoms with Crippen LogP contribution in [0.1, 0.15) is 46.2 Å². The molecule has 0 spiro atoms. The molecule has 1 aromatic rings. The SMILES string of the molecule is CCOc1cc(C2C(C(=O)C(C)C)=C(O)C(=O)N2CCN(CC)CC)ccc1O. The molecule has 29 heavy (non-hydrogen) atoms. The van der Waals surface area contributed by atoms with E-state index in [1.807, 2.05) is 13.8 Å². The van der Waals surface area contributed by atoms with Gasteiger partial charge in [-0.25, -0.2) is 0 Å². The van der Waals surface area contributed by atoms with E-state index in [9.17, 15) is 19.8 Å². The highest BCUT2D eigenvalue weighted by Gasteiger charge is 2.44. The molecule has 0 fully saturated rings. The first kappa shape index (κ1) is 22.7. The van der Waals surface area contributed by atoms with Crippen LogP contribution < -0.4 is 4.74 Å². The van der Waals surface area contributed by atoms with Gasteiger partial charge >= 0.3 is 0 Å². The number of aliphatic hydroxyl groups excluding tert-OH is 1. The summed E-state index contributed by atoms with van der Waals surface area (Å²) in [5.74, 6) is -1.40. The lowest BCUT2D eigenvalue weighted by Crippen LogP contribution is -2.38. The van der Waals surface area contributed by atoms with Crippen molar-refractivity contribution < 1.29 is 24.5 Å². The summed E-state index contributed by atoms with van der Waals surface area (Å²) >= 11 is 0. The fraction of sp³-hybridized carbons (Fsp3) is 0.545. The van der Waals surface area contributed by atoms with Crippen LogP contribution in [0.15, 0.2) is 29.5 Å². The first-order chi connectivity index (χ1) is 13.8. The van der Waals surface area contributed by atoms with E-state index < -0.39 is 17.7 Å². The van der Waals surface area contributed by atoms with Crippen molar-refractivity contribution in [3.8, 4) is 11.5 Å². The van der Waals surface area contributed by atoms with Crippen molar-refractivity contribution in [2.24, 2.45) is 5.92 Å². The Morgan fingerprint density at radius 3 is 2.41 bits per heavy atom. The van der Waals surface area contributed by atoms with E-state index in [2.05, 4.69) is 4.90 Å². The smallest absolute Gasteiger partial charge is 0.290 e. The molecule has 0 bridgehead atoms. The zero-order valence-corrected chi connectivity index (χ0v) is 17.9. The number of phenolic OH excluding ortho intramolecular Hbond substituents is 1. The quantitative estimate of drug-likeness (QED) is 0.623. The molecule has 0 aromatic heterocycles. The Morgan fingerprint density at radius 1 is 1.21 bits per heavy atom. The number of Topliss-reactive ketones (excluding diaryl/α,β-unsaturated/α-hetero) is 1. The van der Waals surface area contributed by atoms with Crippen molar-refractivity contribution in [3.05, 3.63) is 35.1 Å². The zero-order valence-electron chi connectivity index (χ0n) is 17.9. The Morgan fingerprint density at radius 2 is 1.86 bits per heavy atom. The van der Waals surface area contributed by atoms with Crippen LogP contribution in [0.25, 0.3) is 0 Å². The Kier molecular flexibility index (Phi) is 7.67. The second kappa shape index (κ2) is 9.78. The fourth-order valence-electron chi connectivity index (χ4n) is 3.55. The van der Waals surface area contributed by atoms with Gasteiger partial charge in [0.15, 0.2) is 23.0 Å². The van der Waals surface area contributed by atoms with Gasteiger partial charge < -0.3 is 24.7 Å². The second-order valence-electron chi connectivity index (χ2n) is 7.37. The summed E-state index contributed by atoms with van der Waals surface area (Å²) in [5.41, 5.74) is 0.727. The van der Waals surface area contributed by atoms with Crippen LogP contribution in [-0.4, -0.2) is 64.5 Å². The molecule has 0 radical (unpaired) electrons. The Hall–Kier alpha value is -2.54. The normalized spacial score (nSPS) is 17.0. The van der Waals surface area contributed by atoms with Crippen molar-refractivity contribution in [2.45, 2.75) is 40.7 Å². The summed E-state index contributed by atoms with van der Waals surface area (Å²) in [7, 11) is 0. The van der Waals surface area contributed by atoms with E-state index >= 15 is 0 Å². The number of likely N-dealkylation sites (N-methyl/N-ethyl adjacent to an activating group) is 1. The summed E-state index contributed by atoms with van der Waals surface area (Å²) in [5, 5.41) is 20.6. The molecule has 1 aliphatic heterocycles. The number of carbonyl (C=O) groups is 2. The molecule has 1 aromatic carbocycles. The molecule has 1 unspecified atom stereocenters. The third kappa shape index (κ3) is 4.72. The third-order valence-electron chi connectivity index (χ3n) is 5.24. The topological polar surface area (TPSA) is 90.3 Å². The molecular formula is C22H32N2O5. The van der Waals surface area contributed by atoms with E-state index in [0.29, 0.717) is 25.3 Å². The minimum absolute atomic E-state index is 0.0143. The van der Waals surface area contributed by atoms with Gasteiger partial charge in [-0.05, 0) is 37.7 Å². The number of phenols is 1. The maximum atomic E-state index is 12.9. The van der Waals surface area contributed by atoms with E-state index in [-0.39, 0.29) is 28.8 Å². The van der Waals surface area contributed by atoms with Gasteiger partial charge in [-0.2, -0.15) is 0 Å². The molecule has 0 saturated heterocycles. The summed E-state index contributed by atoms with van der Waals surface area (Å²) in [4.78, 5) is 29.4. The minimum Gasteiger partial charge on any atom is -0.504 e. The molecule has 1 amide bonds. The number of aliphatic hydroxyl groups is 1. The number of hydrogen-bond acceptors (Lipinski definition) is 6. The lowest BCUT2D eigenvalue weighted by Gasteiger charge is -2.30. The number of amides is 1. The number of ketones is 1. The maximum absolute atomic E-state index is 12.9. The summed E-state index contributed by atoms with van der Waals surface area (Å²) < 4.78 is 5.48. The van der Waals surface area contributed by atoms with E-state index in [1.54, 1.807) is 32.9 Å². The highest BCUT2D eigenvalue weighted by molar-refractivity contribution is 6.09. The molecular weight excluding hydrogens is 372 g/mol. The van der Waals surface area contributed by atoms with Crippen LogP contribution in [0.5, 0.6) is 11.5 Å². The fourth-order valence-corrected chi connectivity index (χ4v) is 3.55. The standard InChI is InChI=1S/C22H32N2O5/c1-6-23(7-2)11-12-24-19(15-9-10-16(25)17(13-15)29-8-3)18(20(26)14(4)5)21(27)22(24)28/h9-10,13-14,19,25,27H,6-8,11-12H2,1-5H3. The van der Waals surface area contributed by atoms with Crippen LogP contribution in [0.3, 0.4) is 0 Å². The van der Waals surface area contributed by atoms with Crippen molar-refractivity contribution in [1.29, 1.82) is 0 Å². The largest absolute Gasteiger partial charge is 0.504 e. The van der Waals surface area contributed by atoms with E-state index in [1.165, 1.54) is 11.0 Å². The monoisotopic (exact) mass is 404 g/mol. The molecule has 1 heterocycles. The van der Waals surface area contributed by atoms with Gasteiger partial charge in [0, 0.05) is 19.0 Å². The Balaban J connectivity index is 2.50. The Labute approximate surface area is 172 Å². The number of aromatic hydroxyl groups is 1. The highest BCUT2D eigenvalue weighted by atomic mass is 16.5.